The molecule has 2 N–H and O–H groups in total. The van der Waals surface area contributed by atoms with Crippen LogP contribution >= 0.6 is 0 Å². The Bertz CT molecular complexity index is 897. The Hall–Kier alpha value is -2.73. The standard InChI is InChI=1S/C21H22FN3O2/c22-21-16-10-11-23-12-15(16)8-9-17(21)24-19(26)13-25-18-6-2-1-4-14(18)5-3-7-20(25)27/h1-2,4,6,8-9,23H,3,5,7,10-13H2,(H,24,26). The molecule has 0 radical (unpaired) electrons. The lowest BCUT2D eigenvalue weighted by atomic mass is 9.99. The molecule has 0 atom stereocenters. The third-order valence-corrected chi connectivity index (χ3v) is 5.20. The molecule has 27 heavy (non-hydrogen) atoms. The maximum Gasteiger partial charge on any atom is 0.244 e. The van der Waals surface area contributed by atoms with E-state index in [1.54, 1.807) is 6.07 Å². The average molecular weight is 367 g/mol. The van der Waals surface area contributed by atoms with Crippen molar-refractivity contribution in [3.63, 3.8) is 0 Å². The van der Waals surface area contributed by atoms with Gasteiger partial charge in [-0.05, 0) is 54.6 Å². The van der Waals surface area contributed by atoms with E-state index in [2.05, 4.69) is 10.6 Å². The highest BCUT2D eigenvalue weighted by molar-refractivity contribution is 6.03. The van der Waals surface area contributed by atoms with Crippen LogP contribution in [0.15, 0.2) is 36.4 Å². The first kappa shape index (κ1) is 17.7. The molecule has 2 aromatic carbocycles. The number of fused-ring (bicyclic) bond motifs is 2. The fourth-order valence-electron chi connectivity index (χ4n) is 3.82. The number of carbonyl (C=O) groups excluding carboxylic acids is 2. The summed E-state index contributed by atoms with van der Waals surface area (Å²) in [5, 5.41) is 5.86. The summed E-state index contributed by atoms with van der Waals surface area (Å²) in [6.07, 6.45) is 2.58. The Kier molecular flexibility index (Phi) is 4.90. The number of nitrogens with zero attached hydrogens (tertiary/aromatic N) is 1. The van der Waals surface area contributed by atoms with E-state index < -0.39 is 5.91 Å². The SMILES string of the molecule is O=C(CN1C(=O)CCCc2ccccc21)Nc1ccc2c(c1F)CCNC2. The molecular formula is C21H22FN3O2. The number of para-hydroxylation sites is 1. The van der Waals surface area contributed by atoms with Crippen LogP contribution < -0.4 is 15.5 Å². The van der Waals surface area contributed by atoms with Crippen LogP contribution in [-0.4, -0.2) is 24.9 Å². The number of hydrogen-bond donors (Lipinski definition) is 2. The molecule has 5 nitrogen and oxygen atoms in total. The van der Waals surface area contributed by atoms with Crippen LogP contribution in [0.2, 0.25) is 0 Å². The van der Waals surface area contributed by atoms with E-state index in [-0.39, 0.29) is 24.0 Å². The molecule has 0 saturated carbocycles. The van der Waals surface area contributed by atoms with Crippen molar-refractivity contribution in [2.24, 2.45) is 0 Å². The van der Waals surface area contributed by atoms with E-state index >= 15 is 0 Å². The number of aryl methyl sites for hydroxylation is 1. The van der Waals surface area contributed by atoms with Gasteiger partial charge in [-0.25, -0.2) is 4.39 Å². The van der Waals surface area contributed by atoms with Crippen molar-refractivity contribution in [3.8, 4) is 0 Å². The van der Waals surface area contributed by atoms with E-state index in [1.165, 1.54) is 4.90 Å². The zero-order chi connectivity index (χ0) is 18.8. The van der Waals surface area contributed by atoms with Gasteiger partial charge in [-0.2, -0.15) is 0 Å². The lowest BCUT2D eigenvalue weighted by Gasteiger charge is -2.23. The fourth-order valence-corrected chi connectivity index (χ4v) is 3.82. The Morgan fingerprint density at radius 2 is 1.96 bits per heavy atom. The molecule has 0 bridgehead atoms. The average Bonchev–Trinajstić information content (AvgIpc) is 2.83. The molecular weight excluding hydrogens is 345 g/mol. The van der Waals surface area contributed by atoms with Gasteiger partial charge in [-0.15, -0.1) is 0 Å². The summed E-state index contributed by atoms with van der Waals surface area (Å²) in [6.45, 7) is 1.24. The molecule has 0 aromatic heterocycles. The van der Waals surface area contributed by atoms with Gasteiger partial charge in [-0.1, -0.05) is 24.3 Å². The normalized spacial score (nSPS) is 16.3. The van der Waals surface area contributed by atoms with Crippen LogP contribution in [0.4, 0.5) is 15.8 Å². The number of halogens is 1. The molecule has 2 heterocycles. The monoisotopic (exact) mass is 367 g/mol. The van der Waals surface area contributed by atoms with Gasteiger partial charge in [0.1, 0.15) is 12.4 Å². The number of hydrogen-bond acceptors (Lipinski definition) is 3. The molecule has 6 heteroatoms. The summed E-state index contributed by atoms with van der Waals surface area (Å²) < 4.78 is 14.8. The van der Waals surface area contributed by atoms with Crippen molar-refractivity contribution in [1.29, 1.82) is 0 Å². The molecule has 4 rings (SSSR count). The second-order valence-corrected chi connectivity index (χ2v) is 7.00. The van der Waals surface area contributed by atoms with Crippen molar-refractivity contribution in [3.05, 3.63) is 58.9 Å². The highest BCUT2D eigenvalue weighted by Crippen LogP contribution is 2.27. The molecule has 2 aliphatic rings. The first-order valence-corrected chi connectivity index (χ1v) is 9.32. The van der Waals surface area contributed by atoms with Crippen LogP contribution in [0.5, 0.6) is 0 Å². The quantitative estimate of drug-likeness (QED) is 0.877. The van der Waals surface area contributed by atoms with Crippen molar-refractivity contribution in [2.45, 2.75) is 32.2 Å². The van der Waals surface area contributed by atoms with E-state index in [0.717, 1.165) is 36.2 Å². The zero-order valence-corrected chi connectivity index (χ0v) is 15.1. The van der Waals surface area contributed by atoms with Crippen molar-refractivity contribution >= 4 is 23.2 Å². The van der Waals surface area contributed by atoms with Crippen LogP contribution in [0.3, 0.4) is 0 Å². The minimum atomic E-state index is -0.396. The fraction of sp³-hybridized carbons (Fsp3) is 0.333. The van der Waals surface area contributed by atoms with Crippen molar-refractivity contribution < 1.29 is 14.0 Å². The van der Waals surface area contributed by atoms with Gasteiger partial charge in [0.05, 0.1) is 5.69 Å². The van der Waals surface area contributed by atoms with Crippen LogP contribution in [0.1, 0.15) is 29.5 Å². The number of rotatable bonds is 3. The van der Waals surface area contributed by atoms with Crippen molar-refractivity contribution in [2.75, 3.05) is 23.3 Å². The van der Waals surface area contributed by atoms with E-state index in [1.807, 2.05) is 30.3 Å². The predicted octanol–water partition coefficient (Wildman–Crippen LogP) is 2.78. The first-order chi connectivity index (χ1) is 13.1. The second-order valence-electron chi connectivity index (χ2n) is 7.00. The third-order valence-electron chi connectivity index (χ3n) is 5.20. The highest BCUT2D eigenvalue weighted by Gasteiger charge is 2.25. The summed E-state index contributed by atoms with van der Waals surface area (Å²) in [4.78, 5) is 26.6. The van der Waals surface area contributed by atoms with Gasteiger partial charge in [-0.3, -0.25) is 9.59 Å². The number of carbonyl (C=O) groups is 2. The molecule has 0 spiro atoms. The minimum absolute atomic E-state index is 0.0768. The van der Waals surface area contributed by atoms with Crippen LogP contribution in [0.25, 0.3) is 0 Å². The molecule has 2 aromatic rings. The highest BCUT2D eigenvalue weighted by atomic mass is 19.1. The number of nitrogens with one attached hydrogen (secondary N) is 2. The first-order valence-electron chi connectivity index (χ1n) is 9.32. The molecule has 0 aliphatic carbocycles. The van der Waals surface area contributed by atoms with Crippen LogP contribution in [-0.2, 0) is 29.0 Å². The van der Waals surface area contributed by atoms with E-state index in [0.29, 0.717) is 24.9 Å². The molecule has 0 fully saturated rings. The van der Waals surface area contributed by atoms with Gasteiger partial charge in [0.15, 0.2) is 0 Å². The Labute approximate surface area is 157 Å². The summed E-state index contributed by atoms with van der Waals surface area (Å²) in [7, 11) is 0. The number of benzene rings is 2. The summed E-state index contributed by atoms with van der Waals surface area (Å²) >= 11 is 0. The zero-order valence-electron chi connectivity index (χ0n) is 15.1. The van der Waals surface area contributed by atoms with Gasteiger partial charge in [0.2, 0.25) is 11.8 Å². The lowest BCUT2D eigenvalue weighted by Crippen LogP contribution is -2.38. The summed E-state index contributed by atoms with van der Waals surface area (Å²) in [6, 6.07) is 11.1. The Morgan fingerprint density at radius 1 is 1.11 bits per heavy atom. The molecule has 2 amide bonds. The number of amides is 2. The third kappa shape index (κ3) is 3.57. The molecule has 0 saturated heterocycles. The van der Waals surface area contributed by atoms with E-state index in [9.17, 15) is 14.0 Å². The maximum absolute atomic E-state index is 14.8. The number of anilines is 2. The Morgan fingerprint density at radius 3 is 2.85 bits per heavy atom. The topological polar surface area (TPSA) is 61.4 Å². The molecule has 0 unspecified atom stereocenters. The largest absolute Gasteiger partial charge is 0.322 e. The Balaban J connectivity index is 1.54. The maximum atomic E-state index is 14.8. The van der Waals surface area contributed by atoms with E-state index in [4.69, 9.17) is 0 Å². The van der Waals surface area contributed by atoms with Gasteiger partial charge >= 0.3 is 0 Å². The summed E-state index contributed by atoms with van der Waals surface area (Å²) in [5.74, 6) is -0.843. The van der Waals surface area contributed by atoms with Gasteiger partial charge in [0, 0.05) is 18.7 Å². The molecule has 2 aliphatic heterocycles. The smallest absolute Gasteiger partial charge is 0.244 e. The minimum Gasteiger partial charge on any atom is -0.322 e. The van der Waals surface area contributed by atoms with Crippen molar-refractivity contribution in [1.82, 2.24) is 5.32 Å². The lowest BCUT2D eigenvalue weighted by molar-refractivity contribution is -0.121. The predicted molar refractivity (Wildman–Crippen MR) is 102 cm³/mol. The second kappa shape index (κ2) is 7.48. The molecule has 140 valence electrons. The summed E-state index contributed by atoms with van der Waals surface area (Å²) in [5.41, 5.74) is 3.59. The van der Waals surface area contributed by atoms with Crippen LogP contribution in [0, 0.1) is 5.82 Å². The van der Waals surface area contributed by atoms with Gasteiger partial charge < -0.3 is 15.5 Å². The van der Waals surface area contributed by atoms with Gasteiger partial charge in [0.25, 0.3) is 0 Å².